The molecule has 7 heteroatoms. The summed E-state index contributed by atoms with van der Waals surface area (Å²) in [5, 5.41) is 3.93. The lowest BCUT2D eigenvalue weighted by Gasteiger charge is -2.11. The Bertz CT molecular complexity index is 856. The highest BCUT2D eigenvalue weighted by Gasteiger charge is 2.10. The normalized spacial score (nSPS) is 10.7. The summed E-state index contributed by atoms with van der Waals surface area (Å²) in [4.78, 5) is 8.31. The number of fused-ring (bicyclic) bond motifs is 1. The molecule has 112 valence electrons. The Morgan fingerprint density at radius 1 is 1.23 bits per heavy atom. The Hall–Kier alpha value is -2.60. The summed E-state index contributed by atoms with van der Waals surface area (Å²) in [6, 6.07) is 7.75. The number of ether oxygens (including phenoxy) is 1. The van der Waals surface area contributed by atoms with Crippen LogP contribution in [0.2, 0.25) is 5.02 Å². The van der Waals surface area contributed by atoms with Gasteiger partial charge in [0.1, 0.15) is 23.7 Å². The maximum Gasteiger partial charge on any atom is 0.148 e. The second-order valence-corrected chi connectivity index (χ2v) is 5.02. The first-order valence-corrected chi connectivity index (χ1v) is 6.76. The summed E-state index contributed by atoms with van der Waals surface area (Å²) >= 11 is 5.75. The van der Waals surface area contributed by atoms with Crippen molar-refractivity contribution in [2.45, 2.75) is 0 Å². The first-order chi connectivity index (χ1) is 10.6. The van der Waals surface area contributed by atoms with Crippen molar-refractivity contribution in [3.05, 3.63) is 47.5 Å². The molecule has 0 aliphatic heterocycles. The van der Waals surface area contributed by atoms with Crippen molar-refractivity contribution < 1.29 is 9.13 Å². The van der Waals surface area contributed by atoms with Gasteiger partial charge in [0.15, 0.2) is 0 Å². The second-order valence-electron chi connectivity index (χ2n) is 4.58. The van der Waals surface area contributed by atoms with Gasteiger partial charge in [-0.25, -0.2) is 14.4 Å². The molecule has 3 N–H and O–H groups in total. The molecule has 1 heterocycles. The van der Waals surface area contributed by atoms with Gasteiger partial charge in [-0.1, -0.05) is 11.6 Å². The molecule has 0 saturated carbocycles. The van der Waals surface area contributed by atoms with Gasteiger partial charge in [-0.15, -0.1) is 0 Å². The smallest absolute Gasteiger partial charge is 0.148 e. The predicted octanol–water partition coefficient (Wildman–Crippen LogP) is 3.76. The largest absolute Gasteiger partial charge is 0.495 e. The van der Waals surface area contributed by atoms with Gasteiger partial charge in [0.05, 0.1) is 24.0 Å². The van der Waals surface area contributed by atoms with E-state index in [2.05, 4.69) is 15.3 Å². The Morgan fingerprint density at radius 3 is 2.77 bits per heavy atom. The Labute approximate surface area is 130 Å². The van der Waals surface area contributed by atoms with Crippen LogP contribution in [0.3, 0.4) is 0 Å². The number of anilines is 3. The average Bonchev–Trinajstić information content (AvgIpc) is 2.49. The summed E-state index contributed by atoms with van der Waals surface area (Å²) in [6.45, 7) is 0. The molecule has 3 rings (SSSR count). The number of nitrogens with one attached hydrogen (secondary N) is 1. The highest BCUT2D eigenvalue weighted by atomic mass is 35.5. The van der Waals surface area contributed by atoms with Crippen LogP contribution in [0, 0.1) is 5.82 Å². The number of nitrogen functional groups attached to an aromatic ring is 1. The van der Waals surface area contributed by atoms with Gasteiger partial charge in [0.2, 0.25) is 0 Å². The minimum atomic E-state index is -0.471. The van der Waals surface area contributed by atoms with Crippen LogP contribution in [0.4, 0.5) is 21.6 Å². The molecule has 1 aromatic heterocycles. The van der Waals surface area contributed by atoms with Crippen LogP contribution in [0.25, 0.3) is 10.9 Å². The summed E-state index contributed by atoms with van der Waals surface area (Å²) < 4.78 is 19.1. The molecule has 22 heavy (non-hydrogen) atoms. The van der Waals surface area contributed by atoms with Crippen molar-refractivity contribution in [2.24, 2.45) is 0 Å². The fraction of sp³-hybridized carbons (Fsp3) is 0.0667. The zero-order chi connectivity index (χ0) is 15.7. The first kappa shape index (κ1) is 14.3. The molecule has 0 bridgehead atoms. The summed E-state index contributed by atoms with van der Waals surface area (Å²) in [5.41, 5.74) is 7.22. The summed E-state index contributed by atoms with van der Waals surface area (Å²) in [5.74, 6) is 0.480. The van der Waals surface area contributed by atoms with Crippen LogP contribution in [0.15, 0.2) is 36.7 Å². The van der Waals surface area contributed by atoms with E-state index in [0.717, 1.165) is 0 Å². The summed E-state index contributed by atoms with van der Waals surface area (Å²) in [6.07, 6.45) is 1.38. The highest BCUT2D eigenvalue weighted by Crippen LogP contribution is 2.32. The van der Waals surface area contributed by atoms with Crippen molar-refractivity contribution in [1.82, 2.24) is 9.97 Å². The fourth-order valence-corrected chi connectivity index (χ4v) is 2.25. The first-order valence-electron chi connectivity index (χ1n) is 6.39. The third-order valence-electron chi connectivity index (χ3n) is 3.17. The molecular formula is C15H12ClFN4O. The minimum Gasteiger partial charge on any atom is -0.495 e. The van der Waals surface area contributed by atoms with Gasteiger partial charge in [-0.2, -0.15) is 0 Å². The van der Waals surface area contributed by atoms with Crippen molar-refractivity contribution in [3.8, 4) is 5.75 Å². The van der Waals surface area contributed by atoms with Crippen molar-refractivity contribution in [1.29, 1.82) is 0 Å². The van der Waals surface area contributed by atoms with E-state index in [9.17, 15) is 4.39 Å². The molecule has 0 saturated heterocycles. The van der Waals surface area contributed by atoms with Gasteiger partial charge in [0, 0.05) is 10.4 Å². The number of nitrogens with zero attached hydrogens (tertiary/aromatic N) is 2. The van der Waals surface area contributed by atoms with Crippen LogP contribution in [0.5, 0.6) is 5.75 Å². The molecule has 0 amide bonds. The molecule has 0 unspecified atom stereocenters. The van der Waals surface area contributed by atoms with Gasteiger partial charge < -0.3 is 15.8 Å². The second kappa shape index (κ2) is 5.65. The van der Waals surface area contributed by atoms with Crippen LogP contribution in [-0.4, -0.2) is 17.1 Å². The minimum absolute atomic E-state index is 0.264. The Balaban J connectivity index is 2.10. The summed E-state index contributed by atoms with van der Waals surface area (Å²) in [7, 11) is 1.52. The molecule has 0 fully saturated rings. The van der Waals surface area contributed by atoms with Crippen molar-refractivity contribution in [2.75, 3.05) is 18.2 Å². The number of nitrogens with two attached hydrogens (primary N) is 1. The molecule has 0 aliphatic carbocycles. The number of halogens is 2. The number of benzene rings is 2. The van der Waals surface area contributed by atoms with E-state index in [4.69, 9.17) is 22.1 Å². The topological polar surface area (TPSA) is 73.1 Å². The van der Waals surface area contributed by atoms with E-state index in [1.165, 1.54) is 19.5 Å². The average molecular weight is 319 g/mol. The molecule has 3 aromatic rings. The van der Waals surface area contributed by atoms with E-state index in [1.54, 1.807) is 24.3 Å². The van der Waals surface area contributed by atoms with Crippen LogP contribution >= 0.6 is 11.6 Å². The third-order valence-corrected chi connectivity index (χ3v) is 3.41. The van der Waals surface area contributed by atoms with Gasteiger partial charge in [-0.05, 0) is 30.3 Å². The van der Waals surface area contributed by atoms with Crippen molar-refractivity contribution in [3.63, 3.8) is 0 Å². The van der Waals surface area contributed by atoms with E-state index in [0.29, 0.717) is 33.2 Å². The lowest BCUT2D eigenvalue weighted by molar-refractivity contribution is 0.417. The highest BCUT2D eigenvalue weighted by molar-refractivity contribution is 6.30. The third kappa shape index (κ3) is 2.60. The molecule has 0 radical (unpaired) electrons. The zero-order valence-corrected chi connectivity index (χ0v) is 12.4. The van der Waals surface area contributed by atoms with Crippen molar-refractivity contribution >= 4 is 39.7 Å². The molecule has 0 aliphatic rings. The molecule has 0 spiro atoms. The maximum atomic E-state index is 13.9. The van der Waals surface area contributed by atoms with Gasteiger partial charge >= 0.3 is 0 Å². The maximum absolute atomic E-state index is 13.9. The lowest BCUT2D eigenvalue weighted by atomic mass is 10.2. The van der Waals surface area contributed by atoms with Crippen LogP contribution in [0.1, 0.15) is 0 Å². The van der Waals surface area contributed by atoms with Crippen LogP contribution in [-0.2, 0) is 0 Å². The van der Waals surface area contributed by atoms with Crippen LogP contribution < -0.4 is 15.8 Å². The fourth-order valence-electron chi connectivity index (χ4n) is 2.09. The number of methoxy groups -OCH3 is 1. The van der Waals surface area contributed by atoms with E-state index in [-0.39, 0.29) is 5.69 Å². The molecule has 2 aromatic carbocycles. The van der Waals surface area contributed by atoms with E-state index >= 15 is 0 Å². The SMILES string of the molecule is COc1cc2c(Nc3ccc(Cl)cc3F)ncnc2cc1N. The zero-order valence-electron chi connectivity index (χ0n) is 11.6. The Kier molecular flexibility index (Phi) is 3.68. The standard InChI is InChI=1S/C15H12ClFN4O/c1-22-14-5-9-13(6-11(14)18)19-7-20-15(9)21-12-3-2-8(16)4-10(12)17/h2-7H,18H2,1H3,(H,19,20,21). The van der Waals surface area contributed by atoms with Gasteiger partial charge in [-0.3, -0.25) is 0 Å². The number of aromatic nitrogens is 2. The molecular weight excluding hydrogens is 307 g/mol. The molecule has 5 nitrogen and oxygen atoms in total. The van der Waals surface area contributed by atoms with E-state index in [1.807, 2.05) is 0 Å². The Morgan fingerprint density at radius 2 is 2.05 bits per heavy atom. The van der Waals surface area contributed by atoms with Gasteiger partial charge in [0.25, 0.3) is 0 Å². The number of hydrogen-bond donors (Lipinski definition) is 2. The number of hydrogen-bond acceptors (Lipinski definition) is 5. The number of rotatable bonds is 3. The monoisotopic (exact) mass is 318 g/mol. The quantitative estimate of drug-likeness (QED) is 0.719. The predicted molar refractivity (Wildman–Crippen MR) is 85.2 cm³/mol. The molecule has 0 atom stereocenters. The lowest BCUT2D eigenvalue weighted by Crippen LogP contribution is -2.00. The van der Waals surface area contributed by atoms with E-state index < -0.39 is 5.82 Å².